The third kappa shape index (κ3) is 3.02. The smallest absolute Gasteiger partial charge is 0.275 e. The molecule has 2 rings (SSSR count). The van der Waals surface area contributed by atoms with Crippen LogP contribution in [0.25, 0.3) is 0 Å². The Labute approximate surface area is 122 Å². The van der Waals surface area contributed by atoms with Gasteiger partial charge in [-0.15, -0.1) is 0 Å². The molecule has 0 radical (unpaired) electrons. The van der Waals surface area contributed by atoms with E-state index in [4.69, 9.17) is 23.2 Å². The van der Waals surface area contributed by atoms with Crippen molar-refractivity contribution in [3.05, 3.63) is 56.7 Å². The lowest BCUT2D eigenvalue weighted by Crippen LogP contribution is -2.14. The zero-order valence-electron chi connectivity index (χ0n) is 8.95. The molecule has 1 aromatic heterocycles. The number of rotatable bonds is 2. The van der Waals surface area contributed by atoms with Gasteiger partial charge in [0.2, 0.25) is 0 Å². The molecule has 1 heterocycles. The number of halogens is 3. The first-order chi connectivity index (χ1) is 8.58. The van der Waals surface area contributed by atoms with E-state index in [-0.39, 0.29) is 11.6 Å². The second kappa shape index (κ2) is 5.69. The number of aromatic nitrogens is 1. The zero-order chi connectivity index (χ0) is 13.1. The first-order valence-electron chi connectivity index (χ1n) is 4.95. The molecule has 0 spiro atoms. The highest BCUT2D eigenvalue weighted by Crippen LogP contribution is 2.26. The Kier molecular flexibility index (Phi) is 4.22. The summed E-state index contributed by atoms with van der Waals surface area (Å²) in [6, 6.07) is 8.32. The van der Waals surface area contributed by atoms with Crippen LogP contribution in [0.3, 0.4) is 0 Å². The number of nitrogens with zero attached hydrogens (tertiary/aromatic N) is 1. The van der Waals surface area contributed by atoms with Gasteiger partial charge in [0.1, 0.15) is 5.69 Å². The van der Waals surface area contributed by atoms with Crippen LogP contribution in [-0.2, 0) is 0 Å². The average molecular weight is 346 g/mol. The van der Waals surface area contributed by atoms with Crippen LogP contribution < -0.4 is 5.32 Å². The molecule has 0 unspecified atom stereocenters. The number of hydrogen-bond acceptors (Lipinski definition) is 2. The summed E-state index contributed by atoms with van der Waals surface area (Å²) in [6.45, 7) is 0. The number of amides is 1. The van der Waals surface area contributed by atoms with E-state index in [0.29, 0.717) is 20.2 Å². The predicted octanol–water partition coefficient (Wildman–Crippen LogP) is 4.40. The van der Waals surface area contributed by atoms with Crippen LogP contribution >= 0.6 is 39.1 Å². The maximum absolute atomic E-state index is 12.0. The van der Waals surface area contributed by atoms with Gasteiger partial charge in [0.25, 0.3) is 5.91 Å². The molecule has 0 aliphatic carbocycles. The standard InChI is InChI=1S/C12H7BrCl2N2O/c13-8-2-1-5-16-11(8)12(18)17-10-6-7(14)3-4-9(10)15/h1-6H,(H,17,18). The number of nitrogens with one attached hydrogen (secondary N) is 1. The molecule has 6 heteroatoms. The van der Waals surface area contributed by atoms with Crippen LogP contribution in [0.4, 0.5) is 5.69 Å². The van der Waals surface area contributed by atoms with Crippen LogP contribution in [-0.4, -0.2) is 10.9 Å². The molecule has 2 aromatic rings. The fourth-order valence-corrected chi connectivity index (χ4v) is 2.10. The summed E-state index contributed by atoms with van der Waals surface area (Å²) in [5.74, 6) is -0.355. The lowest BCUT2D eigenvalue weighted by Gasteiger charge is -2.08. The number of hydrogen-bond donors (Lipinski definition) is 1. The molecule has 0 aliphatic rings. The van der Waals surface area contributed by atoms with E-state index >= 15 is 0 Å². The van der Waals surface area contributed by atoms with Crippen LogP contribution in [0.5, 0.6) is 0 Å². The second-order valence-electron chi connectivity index (χ2n) is 3.41. The predicted molar refractivity (Wildman–Crippen MR) is 76.4 cm³/mol. The van der Waals surface area contributed by atoms with Gasteiger partial charge in [-0.3, -0.25) is 4.79 Å². The quantitative estimate of drug-likeness (QED) is 0.876. The monoisotopic (exact) mass is 344 g/mol. The van der Waals surface area contributed by atoms with Crippen molar-refractivity contribution in [1.82, 2.24) is 4.98 Å². The molecule has 0 fully saturated rings. The first-order valence-corrected chi connectivity index (χ1v) is 6.50. The molecule has 18 heavy (non-hydrogen) atoms. The van der Waals surface area contributed by atoms with Gasteiger partial charge in [-0.2, -0.15) is 0 Å². The number of pyridine rings is 1. The van der Waals surface area contributed by atoms with E-state index in [0.717, 1.165) is 0 Å². The Hall–Kier alpha value is -1.10. The number of anilines is 1. The van der Waals surface area contributed by atoms with Crippen LogP contribution in [0, 0.1) is 0 Å². The van der Waals surface area contributed by atoms with Crippen molar-refractivity contribution in [2.24, 2.45) is 0 Å². The number of benzene rings is 1. The highest BCUT2D eigenvalue weighted by atomic mass is 79.9. The van der Waals surface area contributed by atoms with Gasteiger partial charge in [-0.25, -0.2) is 4.98 Å². The minimum Gasteiger partial charge on any atom is -0.319 e. The third-order valence-electron chi connectivity index (χ3n) is 2.15. The molecule has 0 atom stereocenters. The molecule has 0 saturated carbocycles. The lowest BCUT2D eigenvalue weighted by atomic mass is 10.3. The Morgan fingerprint density at radius 1 is 1.28 bits per heavy atom. The summed E-state index contributed by atoms with van der Waals surface area (Å²) in [4.78, 5) is 16.0. The Balaban J connectivity index is 2.27. The van der Waals surface area contributed by atoms with Gasteiger partial charge in [0, 0.05) is 15.7 Å². The topological polar surface area (TPSA) is 42.0 Å². The van der Waals surface area contributed by atoms with E-state index in [9.17, 15) is 4.79 Å². The normalized spacial score (nSPS) is 10.2. The maximum Gasteiger partial charge on any atom is 0.275 e. The van der Waals surface area contributed by atoms with Crippen molar-refractivity contribution in [3.63, 3.8) is 0 Å². The minimum atomic E-state index is -0.355. The second-order valence-corrected chi connectivity index (χ2v) is 5.11. The lowest BCUT2D eigenvalue weighted by molar-refractivity contribution is 0.102. The minimum absolute atomic E-state index is 0.286. The highest BCUT2D eigenvalue weighted by Gasteiger charge is 2.13. The Morgan fingerprint density at radius 3 is 2.78 bits per heavy atom. The number of carbonyl (C=O) groups excluding carboxylic acids is 1. The highest BCUT2D eigenvalue weighted by molar-refractivity contribution is 9.10. The van der Waals surface area contributed by atoms with Crippen molar-refractivity contribution in [1.29, 1.82) is 0 Å². The van der Waals surface area contributed by atoms with Crippen LogP contribution in [0.15, 0.2) is 41.0 Å². The summed E-state index contributed by atoms with van der Waals surface area (Å²) in [5.41, 5.74) is 0.736. The van der Waals surface area contributed by atoms with Crippen molar-refractivity contribution < 1.29 is 4.79 Å². The number of carbonyl (C=O) groups is 1. The summed E-state index contributed by atoms with van der Waals surface area (Å²) in [6.07, 6.45) is 1.54. The molecule has 0 aliphatic heterocycles. The van der Waals surface area contributed by atoms with Crippen molar-refractivity contribution >= 4 is 50.7 Å². The van der Waals surface area contributed by atoms with E-state index in [1.807, 2.05) is 0 Å². The molecule has 1 amide bonds. The Morgan fingerprint density at radius 2 is 2.06 bits per heavy atom. The zero-order valence-corrected chi connectivity index (χ0v) is 12.1. The largest absolute Gasteiger partial charge is 0.319 e. The van der Waals surface area contributed by atoms with Gasteiger partial charge in [0.15, 0.2) is 0 Å². The molecule has 0 bridgehead atoms. The van der Waals surface area contributed by atoms with Gasteiger partial charge in [-0.05, 0) is 46.3 Å². The molecule has 1 aromatic carbocycles. The molecule has 1 N–H and O–H groups in total. The van der Waals surface area contributed by atoms with E-state index in [2.05, 4.69) is 26.2 Å². The van der Waals surface area contributed by atoms with E-state index < -0.39 is 0 Å². The molecule has 0 saturated heterocycles. The van der Waals surface area contributed by atoms with Crippen molar-refractivity contribution in [3.8, 4) is 0 Å². The van der Waals surface area contributed by atoms with E-state index in [1.54, 1.807) is 36.5 Å². The van der Waals surface area contributed by atoms with Crippen molar-refractivity contribution in [2.45, 2.75) is 0 Å². The summed E-state index contributed by atoms with van der Waals surface area (Å²) >= 11 is 15.1. The van der Waals surface area contributed by atoms with Gasteiger partial charge >= 0.3 is 0 Å². The maximum atomic E-state index is 12.0. The fourth-order valence-electron chi connectivity index (χ4n) is 1.33. The molecular weight excluding hydrogens is 339 g/mol. The van der Waals surface area contributed by atoms with Gasteiger partial charge in [0.05, 0.1) is 10.7 Å². The summed E-state index contributed by atoms with van der Waals surface area (Å²) in [5, 5.41) is 3.57. The third-order valence-corrected chi connectivity index (χ3v) is 3.35. The van der Waals surface area contributed by atoms with E-state index in [1.165, 1.54) is 0 Å². The Bertz CT molecular complexity index is 604. The van der Waals surface area contributed by atoms with Gasteiger partial charge < -0.3 is 5.32 Å². The SMILES string of the molecule is O=C(Nc1cc(Cl)ccc1Cl)c1ncccc1Br. The van der Waals surface area contributed by atoms with Gasteiger partial charge in [-0.1, -0.05) is 23.2 Å². The fraction of sp³-hybridized carbons (Fsp3) is 0. The summed E-state index contributed by atoms with van der Waals surface area (Å²) < 4.78 is 0.612. The molecule has 92 valence electrons. The molecule has 3 nitrogen and oxygen atoms in total. The van der Waals surface area contributed by atoms with Crippen LogP contribution in [0.2, 0.25) is 10.0 Å². The average Bonchev–Trinajstić information content (AvgIpc) is 2.34. The molecular formula is C12H7BrCl2N2O. The van der Waals surface area contributed by atoms with Crippen LogP contribution in [0.1, 0.15) is 10.5 Å². The first kappa shape index (κ1) is 13.3. The summed E-state index contributed by atoms with van der Waals surface area (Å²) in [7, 11) is 0. The van der Waals surface area contributed by atoms with Crippen molar-refractivity contribution in [2.75, 3.05) is 5.32 Å².